The van der Waals surface area contributed by atoms with Gasteiger partial charge in [0.2, 0.25) is 34.9 Å². The van der Waals surface area contributed by atoms with Crippen LogP contribution in [0.1, 0.15) is 68.2 Å². The fraction of sp³-hybridized carbons (Fsp3) is 0.396. The summed E-state index contributed by atoms with van der Waals surface area (Å²) in [6, 6.07) is 13.8. The van der Waals surface area contributed by atoms with Crippen LogP contribution in [0.4, 0.5) is 35.8 Å². The van der Waals surface area contributed by atoms with Gasteiger partial charge in [0.15, 0.2) is 18.5 Å². The van der Waals surface area contributed by atoms with Crippen LogP contribution >= 0.6 is 19.0 Å². The van der Waals surface area contributed by atoms with Gasteiger partial charge in [-0.3, -0.25) is 28.8 Å². The molecule has 0 saturated heterocycles. The van der Waals surface area contributed by atoms with Gasteiger partial charge in [0.25, 0.3) is 21.5 Å². The number of carboxylic acids is 1. The van der Waals surface area contributed by atoms with Gasteiger partial charge in [-0.2, -0.15) is 46.5 Å². The number of hydrogen-bond acceptors (Lipinski definition) is 23. The Morgan fingerprint density at radius 1 is 0.888 bits per heavy atom. The second-order valence-corrected chi connectivity index (χ2v) is 23.4. The third kappa shape index (κ3) is 23.9. The number of benzene rings is 2. The minimum atomic E-state index is -4.84. The molecule has 0 aliphatic heterocycles. The number of hydrogen-bond donors (Lipinski definition) is 7. The van der Waals surface area contributed by atoms with Crippen LogP contribution < -0.4 is 56.6 Å². The number of aryl methyl sites for hydroxylation is 1. The Labute approximate surface area is 513 Å². The molecular weight excluding hydrogens is 1240 g/mol. The Kier molecular flexibility index (Phi) is 28.3. The zero-order valence-corrected chi connectivity index (χ0v) is 52.7. The molecule has 486 valence electrons. The predicted molar refractivity (Wildman–Crippen MR) is 320 cm³/mol. The average Bonchev–Trinajstić information content (AvgIpc) is 0.920. The van der Waals surface area contributed by atoms with E-state index in [4.69, 9.17) is 51.0 Å². The number of aromatic nitrogens is 8. The van der Waals surface area contributed by atoms with Gasteiger partial charge in [-0.1, -0.05) is 19.1 Å². The summed E-state index contributed by atoms with van der Waals surface area (Å²) in [7, 11) is 0.268. The van der Waals surface area contributed by atoms with Crippen LogP contribution in [-0.4, -0.2) is 159 Å². The number of sulfonamides is 1. The number of esters is 1. The van der Waals surface area contributed by atoms with Gasteiger partial charge in [-0.15, -0.1) is 0 Å². The van der Waals surface area contributed by atoms with Crippen molar-refractivity contribution in [3.05, 3.63) is 121 Å². The van der Waals surface area contributed by atoms with Crippen molar-refractivity contribution < 1.29 is 79.0 Å². The zero-order chi connectivity index (χ0) is 67.1. The number of nitrogens with zero attached hydrogens (tertiary/aromatic N) is 9. The second-order valence-electron chi connectivity index (χ2n) is 18.9. The van der Waals surface area contributed by atoms with Gasteiger partial charge in [-0.05, 0) is 100 Å². The normalized spacial score (nSPS) is 12.3. The van der Waals surface area contributed by atoms with Gasteiger partial charge in [0.1, 0.15) is 29.8 Å². The van der Waals surface area contributed by atoms with Crippen molar-refractivity contribution in [1.82, 2.24) is 48.7 Å². The number of methoxy groups -OCH3 is 3. The first-order chi connectivity index (χ1) is 41.6. The molecule has 36 heteroatoms. The minimum absolute atomic E-state index is 0.0412. The van der Waals surface area contributed by atoms with E-state index >= 15 is 0 Å². The van der Waals surface area contributed by atoms with Crippen LogP contribution in [0.3, 0.4) is 0 Å². The zero-order valence-electron chi connectivity index (χ0n) is 50.3. The van der Waals surface area contributed by atoms with E-state index in [1.54, 1.807) is 11.6 Å². The van der Waals surface area contributed by atoms with Crippen molar-refractivity contribution in [1.29, 1.82) is 0 Å². The molecule has 0 fully saturated rings. The molecule has 3 amide bonds. The van der Waals surface area contributed by atoms with Crippen molar-refractivity contribution in [3.63, 3.8) is 0 Å². The van der Waals surface area contributed by atoms with Crippen LogP contribution in [0.2, 0.25) is 5.28 Å². The summed E-state index contributed by atoms with van der Waals surface area (Å²) in [6.45, 7) is 11.5. The molecule has 3 atom stereocenters. The highest BCUT2D eigenvalue weighted by Crippen LogP contribution is 2.36. The van der Waals surface area contributed by atoms with Crippen LogP contribution in [0.25, 0.3) is 5.69 Å². The number of nitrogens with one attached hydrogen (secondary N) is 4. The number of alkyl halides is 3. The third-order valence-corrected chi connectivity index (χ3v) is 13.8. The fourth-order valence-corrected chi connectivity index (χ4v) is 8.78. The van der Waals surface area contributed by atoms with Gasteiger partial charge < -0.3 is 55.0 Å². The summed E-state index contributed by atoms with van der Waals surface area (Å²) in [5.74, 6) is -0.494. The quantitative estimate of drug-likeness (QED) is 0.0339. The van der Waals surface area contributed by atoms with E-state index < -0.39 is 81.6 Å². The number of urea groups is 1. The van der Waals surface area contributed by atoms with E-state index in [9.17, 15) is 54.9 Å². The summed E-state index contributed by atoms with van der Waals surface area (Å²) >= 11 is 5.73. The molecule has 30 nitrogen and oxygen atoms in total. The molecule has 6 rings (SSSR count). The van der Waals surface area contributed by atoms with Crippen molar-refractivity contribution in [2.75, 3.05) is 70.7 Å². The number of ether oxygens (including phenoxy) is 5. The topological polar surface area (TPSA) is 405 Å². The Morgan fingerprint density at radius 2 is 1.51 bits per heavy atom. The number of carboxylic acid groups (broad SMARTS) is 1. The standard InChI is InChI=1S/C25H25F3N2O6.C15H18N6O6S.C8H14ClN5.C5H12NO4P/c1-5-16-6-7-17(20(12-16)36-15(2)23(32)34-4)14-35-19-10-8-18(9-11-19)30-22(31)13-21(25(26,27)28)29(3)24(30)33;1-21(2)13(22)9-6-5-7-16-12(9)28(24,25)20-15(23)19-14-17-10(26-3)8-11(18-14)27-4;1-4-10-7-12-6(9)13-8(14-7)11-5(2)3;1-11(9,10)3-2-4(6)5(7)8/h6-13,15H,5,14H2,1-4H3;5-8H,1-4H3,(H2,17,18,19,20,23);5H,4H2,1-3H3,(H2,10,11,12,13,14);4H,2-3,6H2,1H3,(H,7,8)(H,9,10). The van der Waals surface area contributed by atoms with E-state index in [1.165, 1.54) is 95.7 Å². The third-order valence-electron chi connectivity index (χ3n) is 11.2. The lowest BCUT2D eigenvalue weighted by Crippen LogP contribution is -2.40. The molecule has 0 bridgehead atoms. The highest BCUT2D eigenvalue weighted by molar-refractivity contribution is 7.90. The Bertz CT molecular complexity index is 3670. The van der Waals surface area contributed by atoms with E-state index in [2.05, 4.69) is 45.9 Å². The second kappa shape index (κ2) is 34.0. The monoisotopic (exact) mass is 1310 g/mol. The maximum absolute atomic E-state index is 13.1. The molecular formula is C53H69ClF3N14O16PS. The molecule has 0 saturated carbocycles. The summed E-state index contributed by atoms with van der Waals surface area (Å²) in [4.78, 5) is 104. The number of amides is 3. The number of halogens is 4. The maximum Gasteiger partial charge on any atom is 0.431 e. The first-order valence-electron chi connectivity index (χ1n) is 26.2. The molecule has 2 aromatic carbocycles. The number of pyridine rings is 1. The number of aliphatic carboxylic acids is 1. The Morgan fingerprint density at radius 3 is 2.03 bits per heavy atom. The van der Waals surface area contributed by atoms with Gasteiger partial charge in [0.05, 0.1) is 38.6 Å². The molecule has 8 N–H and O–H groups in total. The van der Waals surface area contributed by atoms with E-state index in [0.29, 0.717) is 44.2 Å². The van der Waals surface area contributed by atoms with E-state index in [1.807, 2.05) is 45.9 Å². The summed E-state index contributed by atoms with van der Waals surface area (Å²) in [6.07, 6.45) is -3.72. The highest BCUT2D eigenvalue weighted by atomic mass is 35.5. The Balaban J connectivity index is 0.000000343. The highest BCUT2D eigenvalue weighted by Gasteiger charge is 2.35. The Hall–Kier alpha value is -8.98. The van der Waals surface area contributed by atoms with E-state index in [-0.39, 0.29) is 59.5 Å². The molecule has 4 heterocycles. The SMILES string of the molecule is CCNc1nc(Cl)nc(NC(C)C)n1.CCc1ccc(COc2ccc(-n3c(=O)cc(C(F)(F)F)n(C)c3=O)cc2)c(OC(C)C(=O)OC)c1.COc1cc(OC)nc(NC(=O)NS(=O)(=O)c2ncccc2C(=O)N(C)C)n1.CP(=O)(O)CCC(N)C(=O)O. The number of nitrogens with two attached hydrogens (primary N) is 1. The first kappa shape index (κ1) is 74.3. The number of rotatable bonds is 22. The number of anilines is 3. The molecule has 0 aliphatic carbocycles. The van der Waals surface area contributed by atoms with Crippen molar-refractivity contribution in [3.8, 4) is 28.9 Å². The molecule has 4 aromatic heterocycles. The maximum atomic E-state index is 13.1. The van der Waals surface area contributed by atoms with Crippen LogP contribution in [0, 0.1) is 0 Å². The van der Waals surface area contributed by atoms with Crippen LogP contribution in [-0.2, 0) is 55.2 Å². The predicted octanol–water partition coefficient (Wildman–Crippen LogP) is 5.20. The summed E-state index contributed by atoms with van der Waals surface area (Å²) in [5, 5.41) is 16.1. The van der Waals surface area contributed by atoms with Gasteiger partial charge >= 0.3 is 29.8 Å². The first-order valence-corrected chi connectivity index (χ1v) is 30.4. The van der Waals surface area contributed by atoms with Crippen molar-refractivity contribution >= 4 is 70.7 Å². The fourth-order valence-electron chi connectivity index (χ4n) is 6.83. The van der Waals surface area contributed by atoms with Crippen LogP contribution in [0.5, 0.6) is 23.3 Å². The molecule has 0 spiro atoms. The lowest BCUT2D eigenvalue weighted by atomic mass is 10.1. The molecule has 3 unspecified atom stereocenters. The molecule has 89 heavy (non-hydrogen) atoms. The summed E-state index contributed by atoms with van der Waals surface area (Å²) in [5.41, 5.74) is 3.10. The van der Waals surface area contributed by atoms with Gasteiger partial charge in [-0.25, -0.2) is 28.7 Å². The van der Waals surface area contributed by atoms with E-state index in [0.717, 1.165) is 25.6 Å². The number of carbonyl (C=O) groups excluding carboxylic acids is 3. The lowest BCUT2D eigenvalue weighted by Gasteiger charge is -2.17. The smallest absolute Gasteiger partial charge is 0.431 e. The molecule has 0 radical (unpaired) electrons. The minimum Gasteiger partial charge on any atom is -0.489 e. The lowest BCUT2D eigenvalue weighted by molar-refractivity contribution is -0.148. The number of carbonyl (C=O) groups is 4. The average molecular weight is 1310 g/mol. The van der Waals surface area contributed by atoms with Crippen molar-refractivity contribution in [2.45, 2.75) is 83.5 Å². The van der Waals surface area contributed by atoms with Crippen molar-refractivity contribution in [2.24, 2.45) is 12.8 Å². The van der Waals surface area contributed by atoms with Gasteiger partial charge in [0, 0.05) is 64.4 Å². The summed E-state index contributed by atoms with van der Waals surface area (Å²) < 4.78 is 104. The molecule has 6 aromatic rings. The molecule has 0 aliphatic rings. The van der Waals surface area contributed by atoms with Crippen LogP contribution in [0.15, 0.2) is 87.5 Å². The largest absolute Gasteiger partial charge is 0.489 e.